The number of amides is 1. The molecule has 0 aliphatic rings. The Kier molecular flexibility index (Phi) is 7.26. The van der Waals surface area contributed by atoms with E-state index in [0.717, 1.165) is 12.8 Å². The average molecular weight is 427 g/mol. The smallest absolute Gasteiger partial charge is 0.230 e. The van der Waals surface area contributed by atoms with Crippen molar-refractivity contribution in [2.24, 2.45) is 0 Å². The maximum absolute atomic E-state index is 14.4. The zero-order chi connectivity index (χ0) is 21.6. The standard InChI is InChI=1S/C23H27FN4OS/c1-4-23(2,3)25-20(29)16-30-22-27-26-21(18-12-8-9-13-19(18)24)28(22)15-14-17-10-6-5-7-11-17/h5-13H,4,14-16H2,1-3H3,(H,25,29). The maximum Gasteiger partial charge on any atom is 0.230 e. The van der Waals surface area contributed by atoms with E-state index in [1.54, 1.807) is 18.2 Å². The summed E-state index contributed by atoms with van der Waals surface area (Å²) in [7, 11) is 0. The third-order valence-electron chi connectivity index (χ3n) is 4.99. The number of thioether (sulfide) groups is 1. The van der Waals surface area contributed by atoms with E-state index in [9.17, 15) is 9.18 Å². The Morgan fingerprint density at radius 1 is 1.10 bits per heavy atom. The number of rotatable bonds is 9. The maximum atomic E-state index is 14.4. The van der Waals surface area contributed by atoms with Crippen molar-refractivity contribution in [1.82, 2.24) is 20.1 Å². The quantitative estimate of drug-likeness (QED) is 0.503. The lowest BCUT2D eigenvalue weighted by molar-refractivity contribution is -0.120. The molecule has 0 saturated heterocycles. The van der Waals surface area contributed by atoms with E-state index in [1.165, 1.54) is 23.4 Å². The molecule has 0 aliphatic carbocycles. The van der Waals surface area contributed by atoms with Crippen LogP contribution in [0, 0.1) is 5.82 Å². The van der Waals surface area contributed by atoms with E-state index in [4.69, 9.17) is 0 Å². The normalized spacial score (nSPS) is 11.5. The minimum Gasteiger partial charge on any atom is -0.351 e. The van der Waals surface area contributed by atoms with Gasteiger partial charge in [-0.25, -0.2) is 4.39 Å². The Morgan fingerprint density at radius 3 is 2.50 bits per heavy atom. The molecule has 7 heteroatoms. The van der Waals surface area contributed by atoms with Crippen LogP contribution in [0.3, 0.4) is 0 Å². The highest BCUT2D eigenvalue weighted by atomic mass is 32.2. The largest absolute Gasteiger partial charge is 0.351 e. The summed E-state index contributed by atoms with van der Waals surface area (Å²) in [5, 5.41) is 12.1. The molecule has 1 N–H and O–H groups in total. The topological polar surface area (TPSA) is 59.8 Å². The van der Waals surface area contributed by atoms with E-state index in [1.807, 2.05) is 43.5 Å². The molecular weight excluding hydrogens is 399 g/mol. The van der Waals surface area contributed by atoms with Crippen LogP contribution in [0.1, 0.15) is 32.8 Å². The predicted octanol–water partition coefficient (Wildman–Crippen LogP) is 4.72. The van der Waals surface area contributed by atoms with Gasteiger partial charge in [0.05, 0.1) is 11.3 Å². The van der Waals surface area contributed by atoms with Gasteiger partial charge < -0.3 is 9.88 Å². The monoisotopic (exact) mass is 426 g/mol. The van der Waals surface area contributed by atoms with Gasteiger partial charge in [-0.2, -0.15) is 0 Å². The third kappa shape index (κ3) is 5.69. The summed E-state index contributed by atoms with van der Waals surface area (Å²) in [4.78, 5) is 12.4. The second-order valence-corrected chi connectivity index (χ2v) is 8.69. The molecule has 3 aromatic rings. The van der Waals surface area contributed by atoms with Gasteiger partial charge in [0.1, 0.15) is 5.82 Å². The molecule has 158 valence electrons. The molecule has 5 nitrogen and oxygen atoms in total. The van der Waals surface area contributed by atoms with Crippen molar-refractivity contribution in [3.05, 3.63) is 66.0 Å². The lowest BCUT2D eigenvalue weighted by Crippen LogP contribution is -2.43. The molecule has 0 unspecified atom stereocenters. The highest BCUT2D eigenvalue weighted by Gasteiger charge is 2.21. The van der Waals surface area contributed by atoms with Crippen molar-refractivity contribution in [3.63, 3.8) is 0 Å². The first kappa shape index (κ1) is 22.0. The van der Waals surface area contributed by atoms with E-state index in [2.05, 4.69) is 27.6 Å². The zero-order valence-corrected chi connectivity index (χ0v) is 18.4. The lowest BCUT2D eigenvalue weighted by atomic mass is 10.0. The summed E-state index contributed by atoms with van der Waals surface area (Å²) in [6.45, 7) is 6.61. The Bertz CT molecular complexity index is 988. The van der Waals surface area contributed by atoms with Gasteiger partial charge >= 0.3 is 0 Å². The highest BCUT2D eigenvalue weighted by Crippen LogP contribution is 2.26. The first-order chi connectivity index (χ1) is 14.4. The molecule has 0 atom stereocenters. The van der Waals surface area contributed by atoms with Crippen LogP contribution in [0.5, 0.6) is 0 Å². The van der Waals surface area contributed by atoms with Crippen molar-refractivity contribution in [2.45, 2.75) is 50.9 Å². The highest BCUT2D eigenvalue weighted by molar-refractivity contribution is 7.99. The van der Waals surface area contributed by atoms with Gasteiger partial charge in [0, 0.05) is 12.1 Å². The second kappa shape index (κ2) is 9.89. The first-order valence-electron chi connectivity index (χ1n) is 10.1. The van der Waals surface area contributed by atoms with Crippen molar-refractivity contribution in [3.8, 4) is 11.4 Å². The molecule has 1 heterocycles. The number of aryl methyl sites for hydroxylation is 1. The fraction of sp³-hybridized carbons (Fsp3) is 0.348. The fourth-order valence-corrected chi connectivity index (χ4v) is 3.72. The molecule has 30 heavy (non-hydrogen) atoms. The summed E-state index contributed by atoms with van der Waals surface area (Å²) in [5.41, 5.74) is 1.32. The third-order valence-corrected chi connectivity index (χ3v) is 5.96. The minimum atomic E-state index is -0.343. The summed E-state index contributed by atoms with van der Waals surface area (Å²) in [6, 6.07) is 16.6. The van der Waals surface area contributed by atoms with Crippen LogP contribution in [0.2, 0.25) is 0 Å². The van der Waals surface area contributed by atoms with E-state index in [-0.39, 0.29) is 23.0 Å². The fourth-order valence-electron chi connectivity index (χ4n) is 2.96. The van der Waals surface area contributed by atoms with Gasteiger partial charge in [-0.15, -0.1) is 10.2 Å². The van der Waals surface area contributed by atoms with Gasteiger partial charge in [0.25, 0.3) is 0 Å². The number of benzene rings is 2. The SMILES string of the molecule is CCC(C)(C)NC(=O)CSc1nnc(-c2ccccc2F)n1CCc1ccccc1. The summed E-state index contributed by atoms with van der Waals surface area (Å²) in [5.74, 6) is 0.298. The zero-order valence-electron chi connectivity index (χ0n) is 17.6. The molecule has 2 aromatic carbocycles. The number of halogens is 1. The van der Waals surface area contributed by atoms with Gasteiger partial charge in [-0.1, -0.05) is 61.2 Å². The van der Waals surface area contributed by atoms with E-state index in [0.29, 0.717) is 23.1 Å². The molecule has 0 aliphatic heterocycles. The van der Waals surface area contributed by atoms with Crippen molar-refractivity contribution >= 4 is 17.7 Å². The molecule has 0 fully saturated rings. The van der Waals surface area contributed by atoms with Crippen molar-refractivity contribution in [2.75, 3.05) is 5.75 Å². The van der Waals surface area contributed by atoms with E-state index >= 15 is 0 Å². The van der Waals surface area contributed by atoms with Crippen LogP contribution in [-0.2, 0) is 17.8 Å². The summed E-state index contributed by atoms with van der Waals surface area (Å²) in [6.07, 6.45) is 1.59. The van der Waals surface area contributed by atoms with Gasteiger partial charge in [0.2, 0.25) is 5.91 Å². The number of nitrogens with zero attached hydrogens (tertiary/aromatic N) is 3. The number of hydrogen-bond donors (Lipinski definition) is 1. The Morgan fingerprint density at radius 2 is 1.80 bits per heavy atom. The first-order valence-corrected chi connectivity index (χ1v) is 11.0. The van der Waals surface area contributed by atoms with Gasteiger partial charge in [-0.3, -0.25) is 4.79 Å². The number of hydrogen-bond acceptors (Lipinski definition) is 4. The second-order valence-electron chi connectivity index (χ2n) is 7.75. The molecule has 0 spiro atoms. The van der Waals surface area contributed by atoms with Crippen LogP contribution in [0.25, 0.3) is 11.4 Å². The molecule has 0 bridgehead atoms. The molecule has 0 radical (unpaired) electrons. The van der Waals surface area contributed by atoms with Crippen molar-refractivity contribution < 1.29 is 9.18 Å². The molecule has 1 amide bonds. The van der Waals surface area contributed by atoms with Crippen LogP contribution in [0.15, 0.2) is 59.8 Å². The number of carbonyl (C=O) groups is 1. The Labute approximate surface area is 181 Å². The summed E-state index contributed by atoms with van der Waals surface area (Å²) < 4.78 is 16.3. The predicted molar refractivity (Wildman–Crippen MR) is 119 cm³/mol. The minimum absolute atomic E-state index is 0.0584. The van der Waals surface area contributed by atoms with Gasteiger partial charge in [0.15, 0.2) is 11.0 Å². The van der Waals surface area contributed by atoms with Gasteiger partial charge in [-0.05, 0) is 44.4 Å². The average Bonchev–Trinajstić information content (AvgIpc) is 3.14. The lowest BCUT2D eigenvalue weighted by Gasteiger charge is -2.24. The summed E-state index contributed by atoms with van der Waals surface area (Å²) >= 11 is 1.32. The Hall–Kier alpha value is -2.67. The van der Waals surface area contributed by atoms with Crippen molar-refractivity contribution in [1.29, 1.82) is 0 Å². The molecule has 3 rings (SSSR count). The van der Waals surface area contributed by atoms with E-state index < -0.39 is 0 Å². The van der Waals surface area contributed by atoms with Crippen LogP contribution >= 0.6 is 11.8 Å². The molecule has 1 aromatic heterocycles. The number of aromatic nitrogens is 3. The molecular formula is C23H27FN4OS. The van der Waals surface area contributed by atoms with Crippen LogP contribution < -0.4 is 5.32 Å². The molecule has 0 saturated carbocycles. The number of nitrogens with one attached hydrogen (secondary N) is 1. The van der Waals surface area contributed by atoms with Crippen LogP contribution in [0.4, 0.5) is 4.39 Å². The number of carbonyl (C=O) groups excluding carboxylic acids is 1. The van der Waals surface area contributed by atoms with Crippen LogP contribution in [-0.4, -0.2) is 32.0 Å². The Balaban J connectivity index is 1.82.